The molecule has 3 heterocycles. The highest BCUT2D eigenvalue weighted by atomic mass is 32.1. The van der Waals surface area contributed by atoms with Crippen molar-refractivity contribution in [1.29, 1.82) is 0 Å². The van der Waals surface area contributed by atoms with E-state index in [2.05, 4.69) is 45.3 Å². The number of ketones is 1. The van der Waals surface area contributed by atoms with Crippen molar-refractivity contribution in [3.05, 3.63) is 82.6 Å². The summed E-state index contributed by atoms with van der Waals surface area (Å²) in [5, 5.41) is 2.46. The van der Waals surface area contributed by atoms with E-state index in [9.17, 15) is 4.79 Å². The van der Waals surface area contributed by atoms with Crippen molar-refractivity contribution in [2.24, 2.45) is 0 Å². The molecular weight excluding hydrogens is 392 g/mol. The van der Waals surface area contributed by atoms with E-state index in [-0.39, 0.29) is 5.78 Å². The van der Waals surface area contributed by atoms with Crippen LogP contribution >= 0.6 is 11.3 Å². The number of thiazole rings is 1. The summed E-state index contributed by atoms with van der Waals surface area (Å²) in [7, 11) is 0. The summed E-state index contributed by atoms with van der Waals surface area (Å²) in [4.78, 5) is 23.0. The molecule has 3 N–H and O–H groups in total. The first-order chi connectivity index (χ1) is 14.7. The highest BCUT2D eigenvalue weighted by molar-refractivity contribution is 7.17. The number of H-pyrrole nitrogens is 1. The molecule has 6 heteroatoms. The largest absolute Gasteiger partial charge is 0.389 e. The minimum Gasteiger partial charge on any atom is -0.389 e. The summed E-state index contributed by atoms with van der Waals surface area (Å²) >= 11 is 1.29. The third kappa shape index (κ3) is 3.64. The van der Waals surface area contributed by atoms with Gasteiger partial charge in [0, 0.05) is 29.2 Å². The predicted molar refractivity (Wildman–Crippen MR) is 122 cm³/mol. The zero-order valence-electron chi connectivity index (χ0n) is 16.7. The Balaban J connectivity index is 1.25. The maximum absolute atomic E-state index is 12.7. The van der Waals surface area contributed by atoms with E-state index in [4.69, 9.17) is 5.73 Å². The first-order valence-electron chi connectivity index (χ1n) is 10.3. The van der Waals surface area contributed by atoms with Gasteiger partial charge in [-0.3, -0.25) is 9.69 Å². The first-order valence-corrected chi connectivity index (χ1v) is 11.1. The monoisotopic (exact) mass is 416 g/mol. The highest BCUT2D eigenvalue weighted by Crippen LogP contribution is 2.34. The molecule has 0 atom stereocenters. The molecule has 152 valence electrons. The Morgan fingerprint density at radius 3 is 2.63 bits per heavy atom. The fourth-order valence-corrected chi connectivity index (χ4v) is 5.14. The quantitative estimate of drug-likeness (QED) is 0.458. The second kappa shape index (κ2) is 8.05. The Morgan fingerprint density at radius 1 is 1.10 bits per heavy atom. The van der Waals surface area contributed by atoms with Gasteiger partial charge in [-0.25, -0.2) is 4.98 Å². The summed E-state index contributed by atoms with van der Waals surface area (Å²) in [5.41, 5.74) is 10.3. The van der Waals surface area contributed by atoms with E-state index in [0.717, 1.165) is 31.6 Å². The molecule has 0 unspecified atom stereocenters. The molecule has 0 amide bonds. The number of carbonyl (C=O) groups excluding carboxylic acids is 1. The SMILES string of the molecule is Nc1sc(C(=O)c2ccccc2)nc1CN1CCC(c2c[nH]c3ccccc23)CC1. The van der Waals surface area contributed by atoms with Gasteiger partial charge in [-0.15, -0.1) is 0 Å². The lowest BCUT2D eigenvalue weighted by atomic mass is 9.89. The van der Waals surface area contributed by atoms with Gasteiger partial charge in [0.05, 0.1) is 5.69 Å². The number of nitrogens with two attached hydrogens (primary N) is 1. The van der Waals surface area contributed by atoms with E-state index in [1.165, 1.54) is 27.8 Å². The summed E-state index contributed by atoms with van der Waals surface area (Å²) in [6.07, 6.45) is 4.40. The lowest BCUT2D eigenvalue weighted by Crippen LogP contribution is -2.32. The van der Waals surface area contributed by atoms with Crippen LogP contribution in [0, 0.1) is 0 Å². The smallest absolute Gasteiger partial charge is 0.221 e. The van der Waals surface area contributed by atoms with Gasteiger partial charge in [0.25, 0.3) is 0 Å². The average molecular weight is 417 g/mol. The lowest BCUT2D eigenvalue weighted by molar-refractivity contribution is 0.103. The zero-order valence-corrected chi connectivity index (χ0v) is 17.5. The minimum absolute atomic E-state index is 0.0587. The van der Waals surface area contributed by atoms with Gasteiger partial charge in [0.1, 0.15) is 5.00 Å². The zero-order chi connectivity index (χ0) is 20.5. The van der Waals surface area contributed by atoms with Crippen molar-refractivity contribution in [2.45, 2.75) is 25.3 Å². The fourth-order valence-electron chi connectivity index (χ4n) is 4.33. The average Bonchev–Trinajstić information content (AvgIpc) is 3.38. The van der Waals surface area contributed by atoms with Gasteiger partial charge in [-0.2, -0.15) is 0 Å². The number of aromatic nitrogens is 2. The van der Waals surface area contributed by atoms with Gasteiger partial charge < -0.3 is 10.7 Å². The lowest BCUT2D eigenvalue weighted by Gasteiger charge is -2.31. The number of nitrogen functional groups attached to an aromatic ring is 1. The molecule has 0 aliphatic carbocycles. The molecule has 1 saturated heterocycles. The molecule has 5 nitrogen and oxygen atoms in total. The van der Waals surface area contributed by atoms with Crippen LogP contribution in [0.15, 0.2) is 60.8 Å². The van der Waals surface area contributed by atoms with Crippen LogP contribution in [0.3, 0.4) is 0 Å². The molecule has 1 aliphatic rings. The second-order valence-corrected chi connectivity index (χ2v) is 8.90. The van der Waals surface area contributed by atoms with Gasteiger partial charge in [0.2, 0.25) is 5.78 Å². The van der Waals surface area contributed by atoms with E-state index in [1.807, 2.05) is 30.3 Å². The van der Waals surface area contributed by atoms with Crippen LogP contribution in [0.25, 0.3) is 10.9 Å². The van der Waals surface area contributed by atoms with Crippen LogP contribution in [0.4, 0.5) is 5.00 Å². The Morgan fingerprint density at radius 2 is 1.83 bits per heavy atom. The van der Waals surface area contributed by atoms with Crippen LogP contribution < -0.4 is 5.73 Å². The number of piperidine rings is 1. The van der Waals surface area contributed by atoms with Crippen molar-refractivity contribution >= 4 is 33.0 Å². The number of hydrogen-bond donors (Lipinski definition) is 2. The van der Waals surface area contributed by atoms with Gasteiger partial charge in [-0.05, 0) is 43.5 Å². The van der Waals surface area contributed by atoms with Crippen molar-refractivity contribution in [3.8, 4) is 0 Å². The number of fused-ring (bicyclic) bond motifs is 1. The molecule has 2 aromatic heterocycles. The Bertz CT molecular complexity index is 1170. The van der Waals surface area contributed by atoms with E-state index in [1.54, 1.807) is 0 Å². The molecule has 0 bridgehead atoms. The van der Waals surface area contributed by atoms with Crippen LogP contribution in [-0.2, 0) is 6.54 Å². The van der Waals surface area contributed by atoms with E-state index >= 15 is 0 Å². The third-order valence-corrected chi connectivity index (χ3v) is 6.91. The van der Waals surface area contributed by atoms with Crippen LogP contribution in [-0.4, -0.2) is 33.7 Å². The number of anilines is 1. The number of para-hydroxylation sites is 1. The number of likely N-dealkylation sites (tertiary alicyclic amines) is 1. The predicted octanol–water partition coefficient (Wildman–Crippen LogP) is 4.82. The number of benzene rings is 2. The summed E-state index contributed by atoms with van der Waals surface area (Å²) in [6, 6.07) is 17.8. The topological polar surface area (TPSA) is 75.0 Å². The number of carbonyl (C=O) groups is 1. The van der Waals surface area contributed by atoms with Crippen molar-refractivity contribution in [3.63, 3.8) is 0 Å². The number of aromatic amines is 1. The molecule has 4 aromatic rings. The maximum Gasteiger partial charge on any atom is 0.221 e. The molecule has 5 rings (SSSR count). The summed E-state index contributed by atoms with van der Waals surface area (Å²) in [5.74, 6) is 0.511. The molecule has 0 radical (unpaired) electrons. The molecule has 30 heavy (non-hydrogen) atoms. The van der Waals surface area contributed by atoms with Crippen LogP contribution in [0.2, 0.25) is 0 Å². The number of hydrogen-bond acceptors (Lipinski definition) is 5. The molecule has 1 fully saturated rings. The van der Waals surface area contributed by atoms with Gasteiger partial charge in [-0.1, -0.05) is 59.9 Å². The van der Waals surface area contributed by atoms with Gasteiger partial charge in [0.15, 0.2) is 5.01 Å². The summed E-state index contributed by atoms with van der Waals surface area (Å²) < 4.78 is 0. The summed E-state index contributed by atoms with van der Waals surface area (Å²) in [6.45, 7) is 2.71. The number of nitrogens with zero attached hydrogens (tertiary/aromatic N) is 2. The minimum atomic E-state index is -0.0587. The van der Waals surface area contributed by atoms with Gasteiger partial charge >= 0.3 is 0 Å². The fraction of sp³-hybridized carbons (Fsp3) is 0.250. The second-order valence-electron chi connectivity index (χ2n) is 7.87. The highest BCUT2D eigenvalue weighted by Gasteiger charge is 2.24. The van der Waals surface area contributed by atoms with Crippen molar-refractivity contribution in [2.75, 3.05) is 18.8 Å². The molecule has 1 aliphatic heterocycles. The third-order valence-electron chi connectivity index (χ3n) is 5.98. The Kier molecular flexibility index (Phi) is 5.11. The van der Waals surface area contributed by atoms with Crippen molar-refractivity contribution in [1.82, 2.24) is 14.9 Å². The first kappa shape index (κ1) is 19.0. The van der Waals surface area contributed by atoms with E-state index in [0.29, 0.717) is 28.0 Å². The van der Waals surface area contributed by atoms with Crippen LogP contribution in [0.5, 0.6) is 0 Å². The standard InChI is InChI=1S/C24H24N4OS/c25-23-21(27-24(30-23)22(29)17-6-2-1-3-7-17)15-28-12-10-16(11-13-28)19-14-26-20-9-5-4-8-18(19)20/h1-9,14,16,26H,10-13,15,25H2. The normalized spacial score (nSPS) is 15.6. The number of nitrogens with one attached hydrogen (secondary N) is 1. The molecule has 0 saturated carbocycles. The number of rotatable bonds is 5. The van der Waals surface area contributed by atoms with E-state index < -0.39 is 0 Å². The molecular formula is C24H24N4OS. The maximum atomic E-state index is 12.7. The Labute approximate surface area is 179 Å². The molecule has 2 aromatic carbocycles. The molecule has 0 spiro atoms. The Hall–Kier alpha value is -2.96. The van der Waals surface area contributed by atoms with Crippen LogP contribution in [0.1, 0.15) is 45.4 Å². The van der Waals surface area contributed by atoms with Crippen molar-refractivity contribution < 1.29 is 4.79 Å².